The van der Waals surface area contributed by atoms with Gasteiger partial charge in [0.1, 0.15) is 0 Å². The van der Waals surface area contributed by atoms with Crippen LogP contribution in [-0.4, -0.2) is 39.0 Å². The van der Waals surface area contributed by atoms with Crippen molar-refractivity contribution in [3.8, 4) is 11.3 Å². The zero-order chi connectivity index (χ0) is 19.3. The number of aliphatic carboxylic acids is 2. The van der Waals surface area contributed by atoms with E-state index < -0.39 is 11.9 Å². The van der Waals surface area contributed by atoms with Crippen molar-refractivity contribution in [2.75, 3.05) is 6.54 Å². The predicted molar refractivity (Wildman–Crippen MR) is 102 cm³/mol. The van der Waals surface area contributed by atoms with Crippen LogP contribution in [0.25, 0.3) is 16.8 Å². The summed E-state index contributed by atoms with van der Waals surface area (Å²) >= 11 is 0. The van der Waals surface area contributed by atoms with Gasteiger partial charge in [0.25, 0.3) is 0 Å². The van der Waals surface area contributed by atoms with Gasteiger partial charge in [0.15, 0.2) is 0 Å². The monoisotopic (exact) mass is 364 g/mol. The third-order valence-corrected chi connectivity index (χ3v) is 5.40. The zero-order valence-corrected chi connectivity index (χ0v) is 15.2. The molecule has 138 valence electrons. The van der Waals surface area contributed by atoms with Crippen molar-refractivity contribution in [3.05, 3.63) is 52.7 Å². The van der Waals surface area contributed by atoms with Crippen LogP contribution in [0.1, 0.15) is 42.1 Å². The van der Waals surface area contributed by atoms with Crippen LogP contribution in [0.3, 0.4) is 0 Å². The molecule has 6 nitrogen and oxygen atoms in total. The van der Waals surface area contributed by atoms with Crippen molar-refractivity contribution in [1.82, 2.24) is 4.57 Å². The smallest absolute Gasteiger partial charge is 0.336 e. The molecule has 0 radical (unpaired) electrons. The second-order valence-corrected chi connectivity index (χ2v) is 7.10. The Balaban J connectivity index is 2.05. The van der Waals surface area contributed by atoms with Crippen LogP contribution in [0.5, 0.6) is 0 Å². The minimum absolute atomic E-state index is 0.198. The number of hydrogen-bond donors (Lipinski definition) is 2. The summed E-state index contributed by atoms with van der Waals surface area (Å²) < 4.78 is 2.20. The lowest BCUT2D eigenvalue weighted by atomic mass is 9.79. The van der Waals surface area contributed by atoms with Crippen LogP contribution in [0.2, 0.25) is 0 Å². The van der Waals surface area contributed by atoms with E-state index in [0.29, 0.717) is 12.1 Å². The van der Waals surface area contributed by atoms with E-state index in [1.807, 2.05) is 13.0 Å². The van der Waals surface area contributed by atoms with E-state index in [0.717, 1.165) is 52.8 Å². The molecule has 0 fully saturated rings. The largest absolute Gasteiger partial charge is 0.478 e. The van der Waals surface area contributed by atoms with E-state index in [2.05, 4.69) is 22.5 Å². The number of carbonyl (C=O) groups is 2. The minimum Gasteiger partial charge on any atom is -0.478 e. The van der Waals surface area contributed by atoms with E-state index >= 15 is 0 Å². The van der Waals surface area contributed by atoms with Gasteiger partial charge in [-0.15, -0.1) is 0 Å². The Morgan fingerprint density at radius 1 is 1.30 bits per heavy atom. The lowest BCUT2D eigenvalue weighted by molar-refractivity contribution is -0.133. The van der Waals surface area contributed by atoms with Gasteiger partial charge in [-0.2, -0.15) is 0 Å². The molecule has 0 saturated carbocycles. The normalized spacial score (nSPS) is 18.2. The highest BCUT2D eigenvalue weighted by atomic mass is 16.4. The highest BCUT2D eigenvalue weighted by molar-refractivity contribution is 6.21. The number of nitrogens with zero attached hydrogens (tertiary/aromatic N) is 2. The van der Waals surface area contributed by atoms with Crippen molar-refractivity contribution in [2.45, 2.75) is 32.7 Å². The number of rotatable bonds is 3. The Kier molecular flexibility index (Phi) is 3.98. The summed E-state index contributed by atoms with van der Waals surface area (Å²) in [7, 11) is 0. The minimum atomic E-state index is -1.27. The molecule has 1 aliphatic heterocycles. The highest BCUT2D eigenvalue weighted by Crippen LogP contribution is 2.45. The first kappa shape index (κ1) is 17.3. The second-order valence-electron chi connectivity index (χ2n) is 7.10. The first-order valence-electron chi connectivity index (χ1n) is 8.94. The van der Waals surface area contributed by atoms with Crippen LogP contribution in [0.15, 0.2) is 35.3 Å². The number of benzene rings is 1. The topological polar surface area (TPSA) is 91.9 Å². The van der Waals surface area contributed by atoms with Crippen molar-refractivity contribution in [3.63, 3.8) is 0 Å². The number of carboxylic acids is 2. The molecule has 27 heavy (non-hydrogen) atoms. The Morgan fingerprint density at radius 3 is 2.78 bits per heavy atom. The molecule has 0 bridgehead atoms. The molecule has 0 amide bonds. The Hall–Kier alpha value is -3.15. The molecule has 0 saturated heterocycles. The maximum absolute atomic E-state index is 11.8. The van der Waals surface area contributed by atoms with Gasteiger partial charge in [-0.05, 0) is 42.0 Å². The average molecular weight is 364 g/mol. The maximum Gasteiger partial charge on any atom is 0.336 e. The molecule has 6 heteroatoms. The third-order valence-electron chi connectivity index (χ3n) is 5.40. The van der Waals surface area contributed by atoms with Gasteiger partial charge in [-0.1, -0.05) is 25.1 Å². The Morgan fingerprint density at radius 2 is 2.07 bits per heavy atom. The molecule has 4 rings (SSSR count). The Bertz CT molecular complexity index is 1040. The van der Waals surface area contributed by atoms with E-state index in [4.69, 9.17) is 0 Å². The number of carboxylic acid groups (broad SMARTS) is 2. The molecule has 1 aromatic heterocycles. The summed E-state index contributed by atoms with van der Waals surface area (Å²) in [6, 6.07) is 7.66. The molecule has 1 aliphatic carbocycles. The van der Waals surface area contributed by atoms with E-state index in [1.165, 1.54) is 0 Å². The fourth-order valence-electron chi connectivity index (χ4n) is 4.27. The van der Waals surface area contributed by atoms with Crippen LogP contribution in [0.4, 0.5) is 0 Å². The van der Waals surface area contributed by atoms with Crippen LogP contribution in [0, 0.1) is 0 Å². The lowest BCUT2D eigenvalue weighted by Gasteiger charge is -2.28. The van der Waals surface area contributed by atoms with E-state index in [9.17, 15) is 19.8 Å². The summed E-state index contributed by atoms with van der Waals surface area (Å²) in [6.45, 7) is 5.52. The van der Waals surface area contributed by atoms with Gasteiger partial charge in [0, 0.05) is 18.2 Å². The third kappa shape index (κ3) is 2.68. The fraction of sp³-hybridized carbons (Fsp3) is 0.286. The van der Waals surface area contributed by atoms with Crippen molar-refractivity contribution < 1.29 is 19.8 Å². The first-order chi connectivity index (χ1) is 12.9. The summed E-state index contributed by atoms with van der Waals surface area (Å²) in [6.07, 6.45) is 1.65. The standard InChI is InChI=1S/C21H20N2O4/c1-11-8-13-9-17-12(2)22-6-7-23(17)20(13)19-14(11)4-3-5-15(19)16(21(26)27)10-18(24)25/h3-5,9-11H,6-8H2,1-2H3,(H,24,25)(H,26,27). The first-order valence-corrected chi connectivity index (χ1v) is 8.94. The summed E-state index contributed by atoms with van der Waals surface area (Å²) in [5, 5.41) is 18.8. The van der Waals surface area contributed by atoms with E-state index in [-0.39, 0.29) is 11.5 Å². The van der Waals surface area contributed by atoms with Gasteiger partial charge < -0.3 is 14.8 Å². The molecule has 1 unspecified atom stereocenters. The Labute approximate surface area is 156 Å². The predicted octanol–water partition coefficient (Wildman–Crippen LogP) is 3.19. The zero-order valence-electron chi connectivity index (χ0n) is 15.2. The summed E-state index contributed by atoms with van der Waals surface area (Å²) in [4.78, 5) is 27.6. The maximum atomic E-state index is 11.8. The second kappa shape index (κ2) is 6.23. The van der Waals surface area contributed by atoms with Crippen LogP contribution < -0.4 is 0 Å². The molecule has 2 aliphatic rings. The van der Waals surface area contributed by atoms with Gasteiger partial charge >= 0.3 is 11.9 Å². The molecule has 0 spiro atoms. The molecule has 2 heterocycles. The van der Waals surface area contributed by atoms with Crippen molar-refractivity contribution >= 4 is 23.2 Å². The summed E-state index contributed by atoms with van der Waals surface area (Å²) in [5.74, 6) is -2.29. The van der Waals surface area contributed by atoms with Crippen molar-refractivity contribution in [2.24, 2.45) is 4.99 Å². The summed E-state index contributed by atoms with van der Waals surface area (Å²) in [5.41, 5.74) is 6.34. The number of hydrogen-bond acceptors (Lipinski definition) is 3. The van der Waals surface area contributed by atoms with Crippen LogP contribution in [-0.2, 0) is 22.6 Å². The van der Waals surface area contributed by atoms with Gasteiger partial charge in [-0.3, -0.25) is 4.99 Å². The lowest BCUT2D eigenvalue weighted by Crippen LogP contribution is -2.19. The SMILES string of the molecule is CC1=NCCn2c1cc1c2-c2c(C(=CC(=O)O)C(=O)O)cccc2C(C)C1. The van der Waals surface area contributed by atoms with Gasteiger partial charge in [-0.25, -0.2) is 9.59 Å². The fourth-order valence-corrected chi connectivity index (χ4v) is 4.27. The number of fused-ring (bicyclic) bond motifs is 5. The quantitative estimate of drug-likeness (QED) is 0.818. The highest BCUT2D eigenvalue weighted by Gasteiger charge is 2.31. The van der Waals surface area contributed by atoms with Gasteiger partial charge in [0.2, 0.25) is 0 Å². The molecule has 2 aromatic rings. The molecular formula is C21H20N2O4. The van der Waals surface area contributed by atoms with Gasteiger partial charge in [0.05, 0.1) is 29.2 Å². The average Bonchev–Trinajstić information content (AvgIpc) is 2.98. The molecule has 2 N–H and O–H groups in total. The molecule has 1 atom stereocenters. The van der Waals surface area contributed by atoms with Crippen molar-refractivity contribution in [1.29, 1.82) is 0 Å². The molecular weight excluding hydrogens is 344 g/mol. The van der Waals surface area contributed by atoms with E-state index in [1.54, 1.807) is 12.1 Å². The number of aromatic nitrogens is 1. The molecule has 1 aromatic carbocycles. The number of aliphatic imine (C=N–C) groups is 1. The van der Waals surface area contributed by atoms with Crippen LogP contribution >= 0.6 is 0 Å².